The fourth-order valence-electron chi connectivity index (χ4n) is 2.36. The summed E-state index contributed by atoms with van der Waals surface area (Å²) in [5.74, 6) is 0.838. The van der Waals surface area contributed by atoms with Crippen LogP contribution in [0.15, 0.2) is 0 Å². The highest BCUT2D eigenvalue weighted by atomic mass is 16.5. The monoisotopic (exact) mass is 243 g/mol. The second-order valence-corrected chi connectivity index (χ2v) is 5.47. The van der Waals surface area contributed by atoms with Crippen molar-refractivity contribution in [3.8, 4) is 0 Å². The van der Waals surface area contributed by atoms with Gasteiger partial charge in [-0.25, -0.2) is 0 Å². The highest BCUT2D eigenvalue weighted by Crippen LogP contribution is 2.35. The van der Waals surface area contributed by atoms with Gasteiger partial charge in [0.25, 0.3) is 0 Å². The van der Waals surface area contributed by atoms with Gasteiger partial charge in [0.2, 0.25) is 0 Å². The number of methoxy groups -OCH3 is 1. The van der Waals surface area contributed by atoms with Crippen LogP contribution in [0.1, 0.15) is 46.5 Å². The average Bonchev–Trinajstić information content (AvgIpc) is 3.17. The fourth-order valence-corrected chi connectivity index (χ4v) is 2.36. The van der Waals surface area contributed by atoms with Gasteiger partial charge in [-0.15, -0.1) is 0 Å². The van der Waals surface area contributed by atoms with Gasteiger partial charge in [-0.2, -0.15) is 0 Å². The molecule has 1 rings (SSSR count). The molecular weight excluding hydrogens is 214 g/mol. The van der Waals surface area contributed by atoms with Crippen LogP contribution in [0.4, 0.5) is 0 Å². The molecule has 0 aromatic rings. The first kappa shape index (κ1) is 14.9. The molecule has 1 fully saturated rings. The topological polar surface area (TPSA) is 32.7 Å². The van der Waals surface area contributed by atoms with Crippen molar-refractivity contribution in [2.45, 2.75) is 58.1 Å². The van der Waals surface area contributed by atoms with E-state index in [1.807, 2.05) is 0 Å². The first-order valence-corrected chi connectivity index (χ1v) is 7.01. The van der Waals surface area contributed by atoms with Crippen molar-refractivity contribution in [2.75, 3.05) is 26.8 Å². The largest absolute Gasteiger partial charge is 0.389 e. The summed E-state index contributed by atoms with van der Waals surface area (Å²) in [6.45, 7) is 8.89. The lowest BCUT2D eigenvalue weighted by Gasteiger charge is -2.36. The van der Waals surface area contributed by atoms with Crippen molar-refractivity contribution >= 4 is 0 Å². The van der Waals surface area contributed by atoms with E-state index in [-0.39, 0.29) is 0 Å². The molecule has 0 aromatic heterocycles. The van der Waals surface area contributed by atoms with E-state index in [0.717, 1.165) is 38.5 Å². The third kappa shape index (κ3) is 4.57. The zero-order valence-corrected chi connectivity index (χ0v) is 11.9. The molecule has 0 radical (unpaired) electrons. The lowest BCUT2D eigenvalue weighted by molar-refractivity contribution is -0.0217. The van der Waals surface area contributed by atoms with Crippen LogP contribution in [-0.2, 0) is 4.74 Å². The van der Waals surface area contributed by atoms with E-state index in [9.17, 15) is 5.11 Å². The van der Waals surface area contributed by atoms with E-state index in [1.54, 1.807) is 7.11 Å². The van der Waals surface area contributed by atoms with Crippen LogP contribution in [0.5, 0.6) is 0 Å². The quantitative estimate of drug-likeness (QED) is 0.674. The number of rotatable bonds is 9. The third-order valence-corrected chi connectivity index (χ3v) is 4.28. The Kier molecular flexibility index (Phi) is 5.90. The van der Waals surface area contributed by atoms with Crippen LogP contribution < -0.4 is 0 Å². The van der Waals surface area contributed by atoms with E-state index in [4.69, 9.17) is 4.74 Å². The molecule has 0 saturated heterocycles. The van der Waals surface area contributed by atoms with Crippen molar-refractivity contribution in [3.63, 3.8) is 0 Å². The molecule has 1 atom stereocenters. The van der Waals surface area contributed by atoms with Gasteiger partial charge >= 0.3 is 0 Å². The second-order valence-electron chi connectivity index (χ2n) is 5.47. The van der Waals surface area contributed by atoms with Gasteiger partial charge in [0, 0.05) is 26.2 Å². The van der Waals surface area contributed by atoms with Crippen molar-refractivity contribution in [1.82, 2.24) is 4.90 Å². The summed E-state index contributed by atoms with van der Waals surface area (Å²) in [5.41, 5.74) is -0.531. The minimum Gasteiger partial charge on any atom is -0.389 e. The highest BCUT2D eigenvalue weighted by Gasteiger charge is 2.35. The molecule has 0 spiro atoms. The molecule has 0 bridgehead atoms. The van der Waals surface area contributed by atoms with Crippen LogP contribution in [-0.4, -0.2) is 48.5 Å². The summed E-state index contributed by atoms with van der Waals surface area (Å²) in [4.78, 5) is 2.41. The molecule has 0 aliphatic heterocycles. The molecule has 1 aliphatic rings. The van der Waals surface area contributed by atoms with Crippen molar-refractivity contribution in [2.24, 2.45) is 5.92 Å². The molecule has 0 amide bonds. The average molecular weight is 243 g/mol. The first-order valence-electron chi connectivity index (χ1n) is 7.01. The summed E-state index contributed by atoms with van der Waals surface area (Å²) in [6, 6.07) is 0.578. The Morgan fingerprint density at radius 3 is 2.35 bits per heavy atom. The molecular formula is C14H29NO2. The summed E-state index contributed by atoms with van der Waals surface area (Å²) >= 11 is 0. The number of ether oxygens (including phenoxy) is 1. The van der Waals surface area contributed by atoms with Gasteiger partial charge < -0.3 is 9.84 Å². The van der Waals surface area contributed by atoms with E-state index in [0.29, 0.717) is 6.04 Å². The second kappa shape index (κ2) is 6.72. The molecule has 102 valence electrons. The summed E-state index contributed by atoms with van der Waals surface area (Å²) in [5, 5.41) is 10.5. The zero-order chi connectivity index (χ0) is 12.9. The minimum absolute atomic E-state index is 0.531. The van der Waals surface area contributed by atoms with Gasteiger partial charge in [0.1, 0.15) is 0 Å². The fraction of sp³-hybridized carbons (Fsp3) is 1.00. The maximum absolute atomic E-state index is 10.5. The smallest absolute Gasteiger partial charge is 0.0769 e. The van der Waals surface area contributed by atoms with E-state index >= 15 is 0 Å². The molecule has 3 nitrogen and oxygen atoms in total. The first-order chi connectivity index (χ1) is 8.06. The number of hydrogen-bond acceptors (Lipinski definition) is 3. The van der Waals surface area contributed by atoms with Crippen LogP contribution in [0, 0.1) is 5.92 Å². The Bertz CT molecular complexity index is 212. The molecule has 1 N–H and O–H groups in total. The standard InChI is InChI=1S/C14H29NO2/c1-5-14(16,6-2)11-15(9-10-17-4)12(3)13-7-8-13/h12-13,16H,5-11H2,1-4H3. The molecule has 1 unspecified atom stereocenters. The normalized spacial score (nSPS) is 18.7. The van der Waals surface area contributed by atoms with Gasteiger partial charge in [-0.3, -0.25) is 4.90 Å². The van der Waals surface area contributed by atoms with Gasteiger partial charge in [-0.05, 0) is 38.5 Å². The van der Waals surface area contributed by atoms with Crippen molar-refractivity contribution < 1.29 is 9.84 Å². The van der Waals surface area contributed by atoms with Crippen LogP contribution in [0.2, 0.25) is 0 Å². The Morgan fingerprint density at radius 1 is 1.35 bits per heavy atom. The van der Waals surface area contributed by atoms with Crippen molar-refractivity contribution in [3.05, 3.63) is 0 Å². The number of aliphatic hydroxyl groups is 1. The van der Waals surface area contributed by atoms with Gasteiger partial charge in [-0.1, -0.05) is 13.8 Å². The van der Waals surface area contributed by atoms with Crippen LogP contribution in [0.25, 0.3) is 0 Å². The van der Waals surface area contributed by atoms with Crippen molar-refractivity contribution in [1.29, 1.82) is 0 Å². The lowest BCUT2D eigenvalue weighted by Crippen LogP contribution is -2.48. The summed E-state index contributed by atoms with van der Waals surface area (Å²) in [7, 11) is 1.74. The zero-order valence-electron chi connectivity index (χ0n) is 11.9. The Labute approximate surface area is 106 Å². The Morgan fingerprint density at radius 2 is 1.94 bits per heavy atom. The van der Waals surface area contributed by atoms with E-state index in [2.05, 4.69) is 25.7 Å². The lowest BCUT2D eigenvalue weighted by atomic mass is 9.95. The van der Waals surface area contributed by atoms with Gasteiger partial charge in [0.05, 0.1) is 12.2 Å². The molecule has 3 heteroatoms. The molecule has 1 aliphatic carbocycles. The van der Waals surface area contributed by atoms with E-state index in [1.165, 1.54) is 12.8 Å². The highest BCUT2D eigenvalue weighted by molar-refractivity contribution is 4.89. The number of hydrogen-bond donors (Lipinski definition) is 1. The van der Waals surface area contributed by atoms with E-state index < -0.39 is 5.60 Å². The predicted molar refractivity (Wildman–Crippen MR) is 71.2 cm³/mol. The maximum atomic E-state index is 10.5. The van der Waals surface area contributed by atoms with Gasteiger partial charge in [0.15, 0.2) is 0 Å². The molecule has 1 saturated carbocycles. The molecule has 0 aromatic carbocycles. The maximum Gasteiger partial charge on any atom is 0.0769 e. The molecule has 17 heavy (non-hydrogen) atoms. The predicted octanol–water partition coefficient (Wildman–Crippen LogP) is 2.28. The summed E-state index contributed by atoms with van der Waals surface area (Å²) in [6.07, 6.45) is 4.34. The van der Waals surface area contributed by atoms with Crippen LogP contribution >= 0.6 is 0 Å². The third-order valence-electron chi connectivity index (χ3n) is 4.28. The SMILES string of the molecule is CCC(O)(CC)CN(CCOC)C(C)C1CC1. The summed E-state index contributed by atoms with van der Waals surface area (Å²) < 4.78 is 5.18. The number of nitrogens with zero attached hydrogens (tertiary/aromatic N) is 1. The van der Waals surface area contributed by atoms with Crippen LogP contribution in [0.3, 0.4) is 0 Å². The minimum atomic E-state index is -0.531. The Hall–Kier alpha value is -0.120. The molecule has 0 heterocycles. The Balaban J connectivity index is 2.54.